The van der Waals surface area contributed by atoms with Crippen molar-refractivity contribution in [2.75, 3.05) is 0 Å². The van der Waals surface area contributed by atoms with Crippen LogP contribution in [0, 0.1) is 0 Å². The number of benzene rings is 1. The zero-order valence-corrected chi connectivity index (χ0v) is 8.03. The SMILES string of the molecule is C1=CC2=c3ccccc3=CNC2CC1. The van der Waals surface area contributed by atoms with E-state index in [2.05, 4.69) is 47.9 Å². The number of rotatable bonds is 0. The van der Waals surface area contributed by atoms with E-state index in [-0.39, 0.29) is 0 Å². The van der Waals surface area contributed by atoms with Gasteiger partial charge in [-0.2, -0.15) is 0 Å². The summed E-state index contributed by atoms with van der Waals surface area (Å²) < 4.78 is 0. The summed E-state index contributed by atoms with van der Waals surface area (Å²) in [5.74, 6) is 0. The van der Waals surface area contributed by atoms with Crippen molar-refractivity contribution in [3.8, 4) is 0 Å². The van der Waals surface area contributed by atoms with E-state index in [4.69, 9.17) is 0 Å². The Kier molecular flexibility index (Phi) is 1.69. The summed E-state index contributed by atoms with van der Waals surface area (Å²) in [7, 11) is 0. The van der Waals surface area contributed by atoms with Crippen molar-refractivity contribution in [1.29, 1.82) is 0 Å². The molecular weight excluding hydrogens is 170 g/mol. The normalized spacial score (nSPS) is 23.1. The fourth-order valence-electron chi connectivity index (χ4n) is 2.27. The monoisotopic (exact) mass is 183 g/mol. The van der Waals surface area contributed by atoms with Gasteiger partial charge in [-0.3, -0.25) is 0 Å². The first-order valence-electron chi connectivity index (χ1n) is 5.17. The van der Waals surface area contributed by atoms with Gasteiger partial charge < -0.3 is 5.32 Å². The van der Waals surface area contributed by atoms with Gasteiger partial charge in [0, 0.05) is 6.20 Å². The first kappa shape index (κ1) is 7.86. The van der Waals surface area contributed by atoms with E-state index in [1.54, 1.807) is 0 Å². The molecule has 0 saturated carbocycles. The van der Waals surface area contributed by atoms with Gasteiger partial charge in [0.1, 0.15) is 0 Å². The van der Waals surface area contributed by atoms with Gasteiger partial charge in [0.2, 0.25) is 0 Å². The molecule has 0 amide bonds. The highest BCUT2D eigenvalue weighted by molar-refractivity contribution is 5.65. The van der Waals surface area contributed by atoms with Crippen molar-refractivity contribution >= 4 is 11.8 Å². The van der Waals surface area contributed by atoms with Crippen LogP contribution in [0.1, 0.15) is 12.8 Å². The smallest absolute Gasteiger partial charge is 0.0517 e. The molecule has 1 nitrogen and oxygen atoms in total. The van der Waals surface area contributed by atoms with Gasteiger partial charge in [0.05, 0.1) is 6.04 Å². The van der Waals surface area contributed by atoms with Gasteiger partial charge in [-0.1, -0.05) is 36.4 Å². The fourth-order valence-corrected chi connectivity index (χ4v) is 2.27. The van der Waals surface area contributed by atoms with Crippen molar-refractivity contribution in [1.82, 2.24) is 5.32 Å². The van der Waals surface area contributed by atoms with Crippen molar-refractivity contribution in [3.05, 3.63) is 46.9 Å². The molecule has 0 radical (unpaired) electrons. The number of hydrogen-bond acceptors (Lipinski definition) is 1. The van der Waals surface area contributed by atoms with Gasteiger partial charge in [-0.05, 0) is 28.9 Å². The number of fused-ring (bicyclic) bond motifs is 2. The van der Waals surface area contributed by atoms with Crippen LogP contribution in [0.25, 0.3) is 11.8 Å². The molecule has 14 heavy (non-hydrogen) atoms. The number of nitrogens with one attached hydrogen (secondary N) is 1. The Hall–Kier alpha value is -1.50. The lowest BCUT2D eigenvalue weighted by atomic mass is 9.92. The van der Waals surface area contributed by atoms with Gasteiger partial charge in [-0.15, -0.1) is 0 Å². The average Bonchev–Trinajstić information content (AvgIpc) is 2.29. The molecule has 3 rings (SSSR count). The number of hydrogen-bond donors (Lipinski definition) is 1. The molecule has 2 aliphatic rings. The second kappa shape index (κ2) is 3.02. The summed E-state index contributed by atoms with van der Waals surface area (Å²) in [6.45, 7) is 0. The third kappa shape index (κ3) is 1.09. The van der Waals surface area contributed by atoms with Crippen LogP contribution in [0.3, 0.4) is 0 Å². The largest absolute Gasteiger partial charge is 0.384 e. The molecule has 0 bridgehead atoms. The zero-order chi connectivity index (χ0) is 9.38. The van der Waals surface area contributed by atoms with Crippen molar-refractivity contribution in [2.45, 2.75) is 18.9 Å². The number of allylic oxidation sites excluding steroid dienone is 1. The third-order valence-electron chi connectivity index (χ3n) is 3.01. The molecule has 1 heteroatoms. The predicted octanol–water partition coefficient (Wildman–Crippen LogP) is 0.897. The minimum atomic E-state index is 0.537. The molecular formula is C13H13N. The van der Waals surface area contributed by atoms with E-state index in [9.17, 15) is 0 Å². The molecule has 0 spiro atoms. The highest BCUT2D eigenvalue weighted by atomic mass is 14.9. The molecule has 70 valence electrons. The summed E-state index contributed by atoms with van der Waals surface area (Å²) in [5.41, 5.74) is 1.45. The topological polar surface area (TPSA) is 12.0 Å². The Morgan fingerprint density at radius 3 is 3.14 bits per heavy atom. The van der Waals surface area contributed by atoms with Crippen LogP contribution in [0.15, 0.2) is 36.4 Å². The van der Waals surface area contributed by atoms with E-state index >= 15 is 0 Å². The van der Waals surface area contributed by atoms with Crippen LogP contribution >= 0.6 is 0 Å². The van der Waals surface area contributed by atoms with E-state index in [0.29, 0.717) is 6.04 Å². The summed E-state index contributed by atoms with van der Waals surface area (Å²) in [5, 5.41) is 6.17. The molecule has 0 fully saturated rings. The van der Waals surface area contributed by atoms with Gasteiger partial charge in [0.25, 0.3) is 0 Å². The van der Waals surface area contributed by atoms with Crippen LogP contribution in [0.4, 0.5) is 0 Å². The highest BCUT2D eigenvalue weighted by Gasteiger charge is 2.16. The van der Waals surface area contributed by atoms with Crippen LogP contribution in [-0.2, 0) is 0 Å². The third-order valence-corrected chi connectivity index (χ3v) is 3.01. The zero-order valence-electron chi connectivity index (χ0n) is 8.03. The lowest BCUT2D eigenvalue weighted by Gasteiger charge is -2.24. The lowest BCUT2D eigenvalue weighted by Crippen LogP contribution is -2.42. The van der Waals surface area contributed by atoms with Gasteiger partial charge >= 0.3 is 0 Å². The molecule has 1 heterocycles. The van der Waals surface area contributed by atoms with Crippen molar-refractivity contribution in [2.24, 2.45) is 0 Å². The molecule has 1 aliphatic carbocycles. The van der Waals surface area contributed by atoms with E-state index < -0.39 is 0 Å². The summed E-state index contributed by atoms with van der Waals surface area (Å²) in [6.07, 6.45) is 9.10. The van der Waals surface area contributed by atoms with Crippen LogP contribution in [-0.4, -0.2) is 6.04 Å². The maximum Gasteiger partial charge on any atom is 0.0517 e. The van der Waals surface area contributed by atoms with Crippen LogP contribution < -0.4 is 15.8 Å². The second-order valence-corrected chi connectivity index (χ2v) is 3.89. The highest BCUT2D eigenvalue weighted by Crippen LogP contribution is 2.17. The second-order valence-electron chi connectivity index (χ2n) is 3.89. The molecule has 1 aliphatic heterocycles. The minimum absolute atomic E-state index is 0.537. The average molecular weight is 183 g/mol. The molecule has 0 aromatic heterocycles. The minimum Gasteiger partial charge on any atom is -0.384 e. The lowest BCUT2D eigenvalue weighted by molar-refractivity contribution is 0.661. The van der Waals surface area contributed by atoms with E-state index in [1.165, 1.54) is 28.9 Å². The van der Waals surface area contributed by atoms with E-state index in [1.807, 2.05) is 0 Å². The first-order valence-corrected chi connectivity index (χ1v) is 5.17. The quantitative estimate of drug-likeness (QED) is 0.630. The van der Waals surface area contributed by atoms with Gasteiger partial charge in [0.15, 0.2) is 0 Å². The standard InChI is InChI=1S/C13H13N/c1-2-6-11-10(5-1)9-14-13-8-4-3-7-12(11)13/h1-3,5-7,9,13-14H,4,8H2. The summed E-state index contributed by atoms with van der Waals surface area (Å²) in [6, 6.07) is 9.11. The van der Waals surface area contributed by atoms with Gasteiger partial charge in [-0.25, -0.2) is 0 Å². The molecule has 1 aromatic carbocycles. The summed E-state index contributed by atoms with van der Waals surface area (Å²) in [4.78, 5) is 0. The summed E-state index contributed by atoms with van der Waals surface area (Å²) >= 11 is 0. The molecule has 1 unspecified atom stereocenters. The maximum absolute atomic E-state index is 3.46. The first-order chi connectivity index (χ1) is 6.95. The van der Waals surface area contributed by atoms with Crippen molar-refractivity contribution in [3.63, 3.8) is 0 Å². The Balaban J connectivity index is 2.37. The predicted molar refractivity (Wildman–Crippen MR) is 58.9 cm³/mol. The Labute approximate surface area is 83.5 Å². The van der Waals surface area contributed by atoms with E-state index in [0.717, 1.165) is 0 Å². The van der Waals surface area contributed by atoms with Crippen LogP contribution in [0.5, 0.6) is 0 Å². The molecule has 1 N–H and O–H groups in total. The molecule has 0 saturated heterocycles. The fraction of sp³-hybridized carbons (Fsp3) is 0.231. The Morgan fingerprint density at radius 1 is 1.21 bits per heavy atom. The van der Waals surface area contributed by atoms with Crippen molar-refractivity contribution < 1.29 is 0 Å². The Bertz CT molecular complexity index is 496. The maximum atomic E-state index is 3.46. The molecule has 1 aromatic rings. The molecule has 1 atom stereocenters. The van der Waals surface area contributed by atoms with Crippen LogP contribution in [0.2, 0.25) is 0 Å². The Morgan fingerprint density at radius 2 is 2.14 bits per heavy atom.